The summed E-state index contributed by atoms with van der Waals surface area (Å²) in [6, 6.07) is 2.18. The van der Waals surface area contributed by atoms with E-state index in [1.54, 1.807) is 0 Å². The Balaban J connectivity index is 1.52. The summed E-state index contributed by atoms with van der Waals surface area (Å²) in [6.07, 6.45) is 13.2. The number of anilines is 1. The maximum absolute atomic E-state index is 10.1. The van der Waals surface area contributed by atoms with Gasteiger partial charge in [-0.2, -0.15) is 14.7 Å². The Morgan fingerprint density at radius 1 is 1.16 bits per heavy atom. The number of hydrogen-bond donors (Lipinski definition) is 2. The number of aromatic nitrogens is 5. The lowest BCUT2D eigenvalue weighted by atomic mass is 9.80. The van der Waals surface area contributed by atoms with Crippen LogP contribution in [0.2, 0.25) is 6.82 Å². The monoisotopic (exact) mass is 421 g/mol. The molecule has 4 heterocycles. The Morgan fingerprint density at radius 3 is 2.74 bits per heavy atom. The minimum atomic E-state index is -0.424. The van der Waals surface area contributed by atoms with Gasteiger partial charge < -0.3 is 15.2 Å². The van der Waals surface area contributed by atoms with Gasteiger partial charge in [0.15, 0.2) is 5.65 Å². The molecular formula is C22H32BN7O. The molecule has 1 aliphatic carbocycles. The average Bonchev–Trinajstić information content (AvgIpc) is 3.52. The highest BCUT2D eigenvalue weighted by atomic mass is 16.2. The molecule has 0 spiro atoms. The first kappa shape index (κ1) is 20.5. The Hall–Kier alpha value is -2.39. The van der Waals surface area contributed by atoms with Gasteiger partial charge in [-0.15, -0.1) is 0 Å². The first-order chi connectivity index (χ1) is 15.1. The third-order valence-corrected chi connectivity index (χ3v) is 6.95. The Kier molecular flexibility index (Phi) is 5.71. The summed E-state index contributed by atoms with van der Waals surface area (Å²) < 4.78 is 3.75. The quantitative estimate of drug-likeness (QED) is 0.596. The molecule has 1 saturated carbocycles. The number of nitrogens with one attached hydrogen (secondary N) is 1. The molecule has 1 atom stereocenters. The van der Waals surface area contributed by atoms with Crippen molar-refractivity contribution >= 4 is 18.5 Å². The number of aryl methyl sites for hydroxylation is 1. The van der Waals surface area contributed by atoms with Crippen LogP contribution < -0.4 is 5.32 Å². The second kappa shape index (κ2) is 8.63. The van der Waals surface area contributed by atoms with Gasteiger partial charge in [-0.1, -0.05) is 12.8 Å². The summed E-state index contributed by atoms with van der Waals surface area (Å²) in [4.78, 5) is 7.24. The van der Waals surface area contributed by atoms with Crippen LogP contribution in [0.4, 0.5) is 5.82 Å². The standard InChI is InChI=1S/C22H32BN7O/c1-23(31)29-9-5-8-17(15-29)20-10-21(24-11-16-6-3-4-7-16)30-22(27-20)19(13-26-30)18-12-25-28(2)14-18/h10,12-14,16-17,24,31H,3-9,11,15H2,1-2H3. The van der Waals surface area contributed by atoms with Crippen molar-refractivity contribution in [3.63, 3.8) is 0 Å². The zero-order valence-corrected chi connectivity index (χ0v) is 18.5. The van der Waals surface area contributed by atoms with Gasteiger partial charge in [-0.05, 0) is 51.5 Å². The highest BCUT2D eigenvalue weighted by molar-refractivity contribution is 6.45. The van der Waals surface area contributed by atoms with E-state index in [0.29, 0.717) is 5.92 Å². The minimum Gasteiger partial charge on any atom is -0.437 e. The van der Waals surface area contributed by atoms with Crippen molar-refractivity contribution in [1.82, 2.24) is 29.2 Å². The molecule has 1 aliphatic heterocycles. The maximum Gasteiger partial charge on any atom is 0.376 e. The minimum absolute atomic E-state index is 0.303. The number of hydrogen-bond acceptors (Lipinski definition) is 6. The average molecular weight is 421 g/mol. The zero-order chi connectivity index (χ0) is 21.4. The van der Waals surface area contributed by atoms with Crippen LogP contribution in [0.25, 0.3) is 16.8 Å². The normalized spacial score (nSPS) is 20.5. The van der Waals surface area contributed by atoms with E-state index in [-0.39, 0.29) is 0 Å². The molecule has 0 aromatic carbocycles. The Morgan fingerprint density at radius 2 is 2.00 bits per heavy atom. The summed E-state index contributed by atoms with van der Waals surface area (Å²) in [5.41, 5.74) is 3.98. The SMILES string of the molecule is CB(O)N1CCCC(c2cc(NCC3CCCC3)n3ncc(-c4cnn(C)c4)c3n2)C1. The van der Waals surface area contributed by atoms with Crippen molar-refractivity contribution in [2.75, 3.05) is 25.0 Å². The molecule has 3 aromatic rings. The molecule has 0 bridgehead atoms. The fourth-order valence-corrected chi connectivity index (χ4v) is 5.13. The lowest BCUT2D eigenvalue weighted by molar-refractivity contribution is 0.283. The van der Waals surface area contributed by atoms with E-state index in [1.165, 1.54) is 25.7 Å². The Labute approximate surface area is 183 Å². The smallest absolute Gasteiger partial charge is 0.376 e. The Bertz CT molecular complexity index is 1040. The van der Waals surface area contributed by atoms with Gasteiger partial charge in [0.1, 0.15) is 5.82 Å². The summed E-state index contributed by atoms with van der Waals surface area (Å²) in [7, 11) is 1.50. The molecule has 9 heteroatoms. The van der Waals surface area contributed by atoms with Gasteiger partial charge in [0.05, 0.1) is 18.1 Å². The largest absolute Gasteiger partial charge is 0.437 e. The van der Waals surface area contributed by atoms with E-state index in [9.17, 15) is 5.02 Å². The van der Waals surface area contributed by atoms with Gasteiger partial charge in [0, 0.05) is 42.9 Å². The van der Waals surface area contributed by atoms with E-state index < -0.39 is 7.05 Å². The predicted octanol–water partition coefficient (Wildman–Crippen LogP) is 3.02. The summed E-state index contributed by atoms with van der Waals surface area (Å²) in [5.74, 6) is 2.05. The van der Waals surface area contributed by atoms with Crippen LogP contribution in [0, 0.1) is 5.92 Å². The number of fused-ring (bicyclic) bond motifs is 1. The van der Waals surface area contributed by atoms with Crippen LogP contribution in [-0.2, 0) is 7.05 Å². The molecule has 5 rings (SSSR count). The number of piperidine rings is 1. The van der Waals surface area contributed by atoms with E-state index >= 15 is 0 Å². The third kappa shape index (κ3) is 4.21. The highest BCUT2D eigenvalue weighted by Gasteiger charge is 2.28. The molecule has 1 unspecified atom stereocenters. The van der Waals surface area contributed by atoms with Crippen molar-refractivity contribution in [2.24, 2.45) is 13.0 Å². The van der Waals surface area contributed by atoms with E-state index in [1.807, 2.05) is 41.7 Å². The van der Waals surface area contributed by atoms with Crippen molar-refractivity contribution in [1.29, 1.82) is 0 Å². The van der Waals surface area contributed by atoms with E-state index in [0.717, 1.165) is 66.7 Å². The van der Waals surface area contributed by atoms with Crippen LogP contribution in [0.3, 0.4) is 0 Å². The molecule has 2 N–H and O–H groups in total. The first-order valence-corrected chi connectivity index (χ1v) is 11.6. The summed E-state index contributed by atoms with van der Waals surface area (Å²) in [6.45, 7) is 4.60. The van der Waals surface area contributed by atoms with Crippen LogP contribution in [0.5, 0.6) is 0 Å². The predicted molar refractivity (Wildman–Crippen MR) is 123 cm³/mol. The lowest BCUT2D eigenvalue weighted by Crippen LogP contribution is -2.43. The van der Waals surface area contributed by atoms with Gasteiger partial charge in [-0.3, -0.25) is 4.68 Å². The van der Waals surface area contributed by atoms with Gasteiger partial charge in [0.25, 0.3) is 0 Å². The van der Waals surface area contributed by atoms with Crippen molar-refractivity contribution in [3.05, 3.63) is 30.4 Å². The molecule has 8 nitrogen and oxygen atoms in total. The molecule has 1 saturated heterocycles. The van der Waals surface area contributed by atoms with Gasteiger partial charge in [0.2, 0.25) is 0 Å². The van der Waals surface area contributed by atoms with E-state index in [4.69, 9.17) is 4.98 Å². The fraction of sp³-hybridized carbons (Fsp3) is 0.591. The topological polar surface area (TPSA) is 83.5 Å². The molecule has 2 aliphatic rings. The molecule has 0 amide bonds. The summed E-state index contributed by atoms with van der Waals surface area (Å²) >= 11 is 0. The van der Waals surface area contributed by atoms with Gasteiger partial charge >= 0.3 is 7.05 Å². The van der Waals surface area contributed by atoms with Gasteiger partial charge in [-0.25, -0.2) is 4.98 Å². The van der Waals surface area contributed by atoms with Crippen molar-refractivity contribution in [3.8, 4) is 11.1 Å². The highest BCUT2D eigenvalue weighted by Crippen LogP contribution is 2.32. The lowest BCUT2D eigenvalue weighted by Gasteiger charge is -2.33. The molecule has 0 radical (unpaired) electrons. The van der Waals surface area contributed by atoms with Crippen LogP contribution >= 0.6 is 0 Å². The fourth-order valence-electron chi connectivity index (χ4n) is 5.13. The molecule has 164 valence electrons. The second-order valence-corrected chi connectivity index (χ2v) is 9.26. The van der Waals surface area contributed by atoms with Crippen LogP contribution in [0.15, 0.2) is 24.7 Å². The van der Waals surface area contributed by atoms with E-state index in [2.05, 4.69) is 26.4 Å². The number of nitrogens with zero attached hydrogens (tertiary/aromatic N) is 6. The second-order valence-electron chi connectivity index (χ2n) is 9.26. The maximum atomic E-state index is 10.1. The van der Waals surface area contributed by atoms with Crippen LogP contribution in [0.1, 0.15) is 50.1 Å². The third-order valence-electron chi connectivity index (χ3n) is 6.95. The zero-order valence-electron chi connectivity index (χ0n) is 18.5. The van der Waals surface area contributed by atoms with Crippen LogP contribution in [-0.4, -0.2) is 60.9 Å². The van der Waals surface area contributed by atoms with Crippen molar-refractivity contribution < 1.29 is 5.02 Å². The molecule has 2 fully saturated rings. The molecular weight excluding hydrogens is 389 g/mol. The summed E-state index contributed by atoms with van der Waals surface area (Å²) in [5, 5.41) is 22.8. The molecule has 3 aromatic heterocycles. The molecule has 31 heavy (non-hydrogen) atoms. The van der Waals surface area contributed by atoms with Crippen molar-refractivity contribution in [2.45, 2.75) is 51.3 Å². The first-order valence-electron chi connectivity index (χ1n) is 11.6. The number of rotatable bonds is 6.